The maximum atomic E-state index is 14.3. The van der Waals surface area contributed by atoms with Crippen LogP contribution in [0, 0.1) is 0 Å². The normalized spacial score (nSPS) is 10.8. The Labute approximate surface area is 268 Å². The number of aromatic nitrogens is 2. The molecule has 2 aromatic heterocycles. The lowest BCUT2D eigenvalue weighted by Crippen LogP contribution is -2.35. The molecule has 0 saturated heterocycles. The fourth-order valence-corrected chi connectivity index (χ4v) is 5.50. The van der Waals surface area contributed by atoms with E-state index in [1.807, 2.05) is 59.5 Å². The Kier molecular flexibility index (Phi) is 11.0. The summed E-state index contributed by atoms with van der Waals surface area (Å²) in [6.45, 7) is 0.489. The molecular formula is C38H35N3O5. The van der Waals surface area contributed by atoms with Gasteiger partial charge in [0.1, 0.15) is 5.75 Å². The lowest BCUT2D eigenvalue weighted by atomic mass is 9.88. The van der Waals surface area contributed by atoms with Crippen LogP contribution >= 0.6 is 0 Å². The van der Waals surface area contributed by atoms with Gasteiger partial charge in [-0.1, -0.05) is 72.8 Å². The van der Waals surface area contributed by atoms with Crippen molar-refractivity contribution >= 4 is 17.7 Å². The molecule has 0 unspecified atom stereocenters. The lowest BCUT2D eigenvalue weighted by molar-refractivity contribution is -0.139. The summed E-state index contributed by atoms with van der Waals surface area (Å²) in [4.78, 5) is 48.7. The number of benzene rings is 3. The number of carbonyl (C=O) groups is 3. The van der Waals surface area contributed by atoms with Crippen LogP contribution in [0.2, 0.25) is 0 Å². The molecule has 0 spiro atoms. The fourth-order valence-electron chi connectivity index (χ4n) is 5.50. The Morgan fingerprint density at radius 2 is 1.41 bits per heavy atom. The average molecular weight is 614 g/mol. The third-order valence-corrected chi connectivity index (χ3v) is 7.77. The van der Waals surface area contributed by atoms with E-state index in [4.69, 9.17) is 9.84 Å². The number of pyridine rings is 2. The highest BCUT2D eigenvalue weighted by molar-refractivity contribution is 6.15. The van der Waals surface area contributed by atoms with Crippen LogP contribution in [0.3, 0.4) is 0 Å². The molecule has 0 saturated carbocycles. The molecule has 0 radical (unpaired) electrons. The van der Waals surface area contributed by atoms with Gasteiger partial charge in [-0.15, -0.1) is 0 Å². The molecule has 1 amide bonds. The third kappa shape index (κ3) is 8.51. The molecule has 232 valence electrons. The molecule has 1 N–H and O–H groups in total. The van der Waals surface area contributed by atoms with Crippen molar-refractivity contribution in [1.29, 1.82) is 0 Å². The number of carbonyl (C=O) groups excluding carboxylic acids is 2. The molecule has 3 aromatic carbocycles. The zero-order valence-corrected chi connectivity index (χ0v) is 25.4. The smallest absolute Gasteiger partial charge is 0.341 e. The Bertz CT molecular complexity index is 1710. The summed E-state index contributed by atoms with van der Waals surface area (Å²) in [6, 6.07) is 32.7. The first kappa shape index (κ1) is 31.8. The quantitative estimate of drug-likeness (QED) is 0.135. The minimum absolute atomic E-state index is 0.0659. The summed E-state index contributed by atoms with van der Waals surface area (Å²) >= 11 is 0. The highest BCUT2D eigenvalue weighted by Crippen LogP contribution is 2.29. The number of hydrogen-bond acceptors (Lipinski definition) is 6. The van der Waals surface area contributed by atoms with E-state index < -0.39 is 12.6 Å². The molecule has 0 fully saturated rings. The van der Waals surface area contributed by atoms with Gasteiger partial charge in [0.05, 0.1) is 11.1 Å². The van der Waals surface area contributed by atoms with Crippen LogP contribution in [0.4, 0.5) is 0 Å². The molecule has 8 nitrogen and oxygen atoms in total. The summed E-state index contributed by atoms with van der Waals surface area (Å²) in [5, 5.41) is 8.96. The number of rotatable bonds is 15. The van der Waals surface area contributed by atoms with Gasteiger partial charge >= 0.3 is 5.97 Å². The van der Waals surface area contributed by atoms with Gasteiger partial charge in [0, 0.05) is 49.4 Å². The van der Waals surface area contributed by atoms with Crippen LogP contribution < -0.4 is 4.74 Å². The Morgan fingerprint density at radius 1 is 0.739 bits per heavy atom. The number of amides is 1. The minimum atomic E-state index is -1.04. The SMILES string of the molecule is O=C(O)COc1cccc(CCCN(CCC(c2ccccc2)c2ccccc2)C(=O)c2ccncc2C(=O)c2ccncc2)c1. The van der Waals surface area contributed by atoms with Crippen LogP contribution in [-0.2, 0) is 11.2 Å². The van der Waals surface area contributed by atoms with Gasteiger partial charge < -0.3 is 14.7 Å². The van der Waals surface area contributed by atoms with Gasteiger partial charge in [-0.3, -0.25) is 19.6 Å². The highest BCUT2D eigenvalue weighted by Gasteiger charge is 2.24. The summed E-state index contributed by atoms with van der Waals surface area (Å²) in [6.07, 6.45) is 8.06. The molecule has 8 heteroatoms. The number of ketones is 1. The van der Waals surface area contributed by atoms with E-state index in [0.717, 1.165) is 16.7 Å². The van der Waals surface area contributed by atoms with Crippen LogP contribution in [0.1, 0.15) is 61.7 Å². The van der Waals surface area contributed by atoms with Crippen LogP contribution in [0.5, 0.6) is 5.75 Å². The highest BCUT2D eigenvalue weighted by atomic mass is 16.5. The van der Waals surface area contributed by atoms with Crippen molar-refractivity contribution in [2.45, 2.75) is 25.2 Å². The molecule has 0 aliphatic heterocycles. The van der Waals surface area contributed by atoms with Gasteiger partial charge in [0.2, 0.25) is 0 Å². The summed E-state index contributed by atoms with van der Waals surface area (Å²) in [5.74, 6) is -1.02. The van der Waals surface area contributed by atoms with Crippen molar-refractivity contribution in [1.82, 2.24) is 14.9 Å². The second-order valence-electron chi connectivity index (χ2n) is 10.9. The number of nitrogens with zero attached hydrogens (tertiary/aromatic N) is 3. The van der Waals surface area contributed by atoms with E-state index in [1.165, 1.54) is 12.4 Å². The monoisotopic (exact) mass is 613 g/mol. The predicted octanol–water partition coefficient (Wildman–Crippen LogP) is 6.47. The Balaban J connectivity index is 1.39. The maximum Gasteiger partial charge on any atom is 0.341 e. The molecule has 46 heavy (non-hydrogen) atoms. The number of aliphatic carboxylic acids is 1. The van der Waals surface area contributed by atoms with Crippen molar-refractivity contribution in [3.05, 3.63) is 161 Å². The number of carboxylic acid groups (broad SMARTS) is 1. The topological polar surface area (TPSA) is 110 Å². The largest absolute Gasteiger partial charge is 0.482 e. The second-order valence-corrected chi connectivity index (χ2v) is 10.9. The first-order chi connectivity index (χ1) is 22.5. The van der Waals surface area contributed by atoms with E-state index >= 15 is 0 Å². The number of hydrogen-bond donors (Lipinski definition) is 1. The van der Waals surface area contributed by atoms with E-state index in [1.54, 1.807) is 36.7 Å². The zero-order chi connectivity index (χ0) is 32.1. The van der Waals surface area contributed by atoms with Crippen molar-refractivity contribution in [3.63, 3.8) is 0 Å². The Morgan fingerprint density at radius 3 is 2.09 bits per heavy atom. The van der Waals surface area contributed by atoms with Gasteiger partial charge in [0.25, 0.3) is 5.91 Å². The van der Waals surface area contributed by atoms with Gasteiger partial charge in [-0.25, -0.2) is 4.79 Å². The van der Waals surface area contributed by atoms with Gasteiger partial charge in [0.15, 0.2) is 12.4 Å². The summed E-state index contributed by atoms with van der Waals surface area (Å²) < 4.78 is 5.35. The standard InChI is InChI=1S/C38H35N3O5/c42-36(43)27-46-32-15-7-9-28(25-32)10-8-23-41(24-19-33(29-11-3-1-4-12-29)30-13-5-2-6-14-30)38(45)34-18-22-40-26-35(34)37(44)31-16-20-39-21-17-31/h1-7,9,11-18,20-22,25-26,33H,8,10,19,23-24,27H2,(H,42,43). The molecule has 0 bridgehead atoms. The molecule has 0 aliphatic carbocycles. The van der Waals surface area contributed by atoms with E-state index in [-0.39, 0.29) is 23.2 Å². The van der Waals surface area contributed by atoms with Gasteiger partial charge in [-0.05, 0) is 66.3 Å². The number of aryl methyl sites for hydroxylation is 1. The van der Waals surface area contributed by atoms with Gasteiger partial charge in [-0.2, -0.15) is 0 Å². The first-order valence-corrected chi connectivity index (χ1v) is 15.2. The molecule has 0 aliphatic rings. The number of ether oxygens (including phenoxy) is 1. The van der Waals surface area contributed by atoms with Crippen molar-refractivity contribution in [3.8, 4) is 5.75 Å². The molecule has 5 rings (SSSR count). The lowest BCUT2D eigenvalue weighted by Gasteiger charge is -2.27. The molecule has 0 atom stereocenters. The molecular weight excluding hydrogens is 578 g/mol. The molecule has 5 aromatic rings. The molecule has 2 heterocycles. The zero-order valence-electron chi connectivity index (χ0n) is 25.4. The van der Waals surface area contributed by atoms with Crippen LogP contribution in [-0.4, -0.2) is 57.3 Å². The van der Waals surface area contributed by atoms with Crippen molar-refractivity contribution in [2.24, 2.45) is 0 Å². The predicted molar refractivity (Wildman–Crippen MR) is 175 cm³/mol. The Hall–Kier alpha value is -5.63. The third-order valence-electron chi connectivity index (χ3n) is 7.77. The van der Waals surface area contributed by atoms with Crippen LogP contribution in [0.15, 0.2) is 128 Å². The first-order valence-electron chi connectivity index (χ1n) is 15.2. The van der Waals surface area contributed by atoms with Crippen LogP contribution in [0.25, 0.3) is 0 Å². The maximum absolute atomic E-state index is 14.3. The van der Waals surface area contributed by atoms with Crippen molar-refractivity contribution in [2.75, 3.05) is 19.7 Å². The summed E-state index contributed by atoms with van der Waals surface area (Å²) in [7, 11) is 0. The van der Waals surface area contributed by atoms with E-state index in [9.17, 15) is 14.4 Å². The fraction of sp³-hybridized carbons (Fsp3) is 0.184. The second kappa shape index (κ2) is 15.9. The summed E-state index contributed by atoms with van der Waals surface area (Å²) in [5.41, 5.74) is 4.28. The van der Waals surface area contributed by atoms with E-state index in [0.29, 0.717) is 49.2 Å². The van der Waals surface area contributed by atoms with E-state index in [2.05, 4.69) is 34.2 Å². The number of carboxylic acids is 1. The average Bonchev–Trinajstić information content (AvgIpc) is 3.11. The minimum Gasteiger partial charge on any atom is -0.482 e. The van der Waals surface area contributed by atoms with Crippen molar-refractivity contribution < 1.29 is 24.2 Å².